The standard InChI is InChI=1S/C21H26N2O4/c1-21(2,3)15-8-6-14(7-9-15)20(25)22-13-19(24)23-16-10-17(26-4)12-18(11-16)27-5/h6-12H,13H2,1-5H3,(H,22,25)(H,23,24). The van der Waals surface area contributed by atoms with Crippen molar-refractivity contribution < 1.29 is 19.1 Å². The number of amides is 2. The summed E-state index contributed by atoms with van der Waals surface area (Å²) in [6, 6.07) is 12.4. The lowest BCUT2D eigenvalue weighted by Crippen LogP contribution is -2.32. The van der Waals surface area contributed by atoms with Gasteiger partial charge in [0.25, 0.3) is 5.91 Å². The third kappa shape index (κ3) is 5.74. The zero-order chi connectivity index (χ0) is 20.0. The SMILES string of the molecule is COc1cc(NC(=O)CNC(=O)c2ccc(C(C)(C)C)cc2)cc(OC)c1. The molecule has 2 amide bonds. The van der Waals surface area contributed by atoms with Crippen molar-refractivity contribution in [1.29, 1.82) is 0 Å². The normalized spacial score (nSPS) is 10.9. The smallest absolute Gasteiger partial charge is 0.251 e. The first-order valence-corrected chi connectivity index (χ1v) is 8.64. The van der Waals surface area contributed by atoms with Gasteiger partial charge in [-0.25, -0.2) is 0 Å². The average molecular weight is 370 g/mol. The number of nitrogens with one attached hydrogen (secondary N) is 2. The second-order valence-corrected chi connectivity index (χ2v) is 7.16. The second-order valence-electron chi connectivity index (χ2n) is 7.16. The topological polar surface area (TPSA) is 76.7 Å². The predicted octanol–water partition coefficient (Wildman–Crippen LogP) is 3.37. The first-order chi connectivity index (χ1) is 12.7. The van der Waals surface area contributed by atoms with Crippen LogP contribution in [0.4, 0.5) is 5.69 Å². The summed E-state index contributed by atoms with van der Waals surface area (Å²) in [5.74, 6) is 0.485. The molecule has 6 heteroatoms. The fourth-order valence-electron chi connectivity index (χ4n) is 2.47. The highest BCUT2D eigenvalue weighted by Gasteiger charge is 2.15. The maximum Gasteiger partial charge on any atom is 0.251 e. The molecule has 2 N–H and O–H groups in total. The number of anilines is 1. The minimum absolute atomic E-state index is 0.0205. The third-order valence-electron chi connectivity index (χ3n) is 4.06. The van der Waals surface area contributed by atoms with Gasteiger partial charge in [0.2, 0.25) is 5.91 Å². The van der Waals surface area contributed by atoms with E-state index in [0.717, 1.165) is 5.56 Å². The lowest BCUT2D eigenvalue weighted by Gasteiger charge is -2.19. The van der Waals surface area contributed by atoms with E-state index < -0.39 is 0 Å². The summed E-state index contributed by atoms with van der Waals surface area (Å²) in [6.45, 7) is 6.19. The molecular formula is C21H26N2O4. The van der Waals surface area contributed by atoms with Crippen LogP contribution in [0.25, 0.3) is 0 Å². The Hall–Kier alpha value is -3.02. The van der Waals surface area contributed by atoms with Crippen molar-refractivity contribution in [2.75, 3.05) is 26.1 Å². The van der Waals surface area contributed by atoms with Crippen LogP contribution in [0.5, 0.6) is 11.5 Å². The molecule has 0 unspecified atom stereocenters. The van der Waals surface area contributed by atoms with E-state index in [4.69, 9.17) is 9.47 Å². The summed E-state index contributed by atoms with van der Waals surface area (Å²) in [7, 11) is 3.07. The van der Waals surface area contributed by atoms with Crippen molar-refractivity contribution in [3.05, 3.63) is 53.6 Å². The fourth-order valence-corrected chi connectivity index (χ4v) is 2.47. The molecule has 0 aliphatic heterocycles. The summed E-state index contributed by atoms with van der Waals surface area (Å²) >= 11 is 0. The number of carbonyl (C=O) groups is 2. The Labute approximate surface area is 159 Å². The molecule has 0 saturated carbocycles. The first kappa shape index (κ1) is 20.3. The first-order valence-electron chi connectivity index (χ1n) is 8.64. The van der Waals surface area contributed by atoms with Crippen LogP contribution in [0.2, 0.25) is 0 Å². The molecule has 0 aliphatic carbocycles. The van der Waals surface area contributed by atoms with Gasteiger partial charge in [0.15, 0.2) is 0 Å². The molecule has 0 aliphatic rings. The zero-order valence-corrected chi connectivity index (χ0v) is 16.4. The van der Waals surface area contributed by atoms with Gasteiger partial charge in [0.1, 0.15) is 11.5 Å². The Morgan fingerprint density at radius 1 is 0.926 bits per heavy atom. The van der Waals surface area contributed by atoms with Crippen LogP contribution in [0.15, 0.2) is 42.5 Å². The molecule has 0 atom stereocenters. The molecule has 2 aromatic carbocycles. The highest BCUT2D eigenvalue weighted by molar-refractivity contribution is 5.99. The third-order valence-corrected chi connectivity index (χ3v) is 4.06. The zero-order valence-electron chi connectivity index (χ0n) is 16.4. The maximum atomic E-state index is 12.2. The van der Waals surface area contributed by atoms with Crippen LogP contribution in [-0.2, 0) is 10.2 Å². The predicted molar refractivity (Wildman–Crippen MR) is 106 cm³/mol. The number of hydrogen-bond donors (Lipinski definition) is 2. The Morgan fingerprint density at radius 2 is 1.48 bits per heavy atom. The van der Waals surface area contributed by atoms with Gasteiger partial charge in [0.05, 0.1) is 20.8 Å². The molecule has 27 heavy (non-hydrogen) atoms. The van der Waals surface area contributed by atoms with Gasteiger partial charge in [-0.05, 0) is 23.1 Å². The van der Waals surface area contributed by atoms with Crippen molar-refractivity contribution in [2.24, 2.45) is 0 Å². The molecule has 0 aromatic heterocycles. The van der Waals surface area contributed by atoms with Crippen LogP contribution in [-0.4, -0.2) is 32.6 Å². The van der Waals surface area contributed by atoms with Crippen LogP contribution >= 0.6 is 0 Å². The highest BCUT2D eigenvalue weighted by atomic mass is 16.5. The molecule has 2 rings (SSSR count). The van der Waals surface area contributed by atoms with Crippen LogP contribution in [0, 0.1) is 0 Å². The number of hydrogen-bond acceptors (Lipinski definition) is 4. The lowest BCUT2D eigenvalue weighted by molar-refractivity contribution is -0.115. The molecule has 0 bridgehead atoms. The van der Waals surface area contributed by atoms with E-state index in [9.17, 15) is 9.59 Å². The van der Waals surface area contributed by atoms with Crippen LogP contribution < -0.4 is 20.1 Å². The van der Waals surface area contributed by atoms with Crippen LogP contribution in [0.3, 0.4) is 0 Å². The van der Waals surface area contributed by atoms with E-state index in [1.54, 1.807) is 30.3 Å². The number of ether oxygens (including phenoxy) is 2. The van der Waals surface area contributed by atoms with Crippen LogP contribution in [0.1, 0.15) is 36.7 Å². The van der Waals surface area contributed by atoms with Crippen molar-refractivity contribution in [3.63, 3.8) is 0 Å². The molecule has 0 fully saturated rings. The van der Waals surface area contributed by atoms with Gasteiger partial charge < -0.3 is 20.1 Å². The molecule has 6 nitrogen and oxygen atoms in total. The number of carbonyl (C=O) groups excluding carboxylic acids is 2. The number of methoxy groups -OCH3 is 2. The maximum absolute atomic E-state index is 12.2. The van der Waals surface area contributed by atoms with E-state index >= 15 is 0 Å². The van der Waals surface area contributed by atoms with E-state index in [1.807, 2.05) is 12.1 Å². The molecular weight excluding hydrogens is 344 g/mol. The Morgan fingerprint density at radius 3 is 1.96 bits per heavy atom. The van der Waals surface area contributed by atoms with Crippen molar-refractivity contribution >= 4 is 17.5 Å². The summed E-state index contributed by atoms with van der Waals surface area (Å²) in [4.78, 5) is 24.4. The molecule has 0 spiro atoms. The van der Waals surface area contributed by atoms with Gasteiger partial charge in [-0.3, -0.25) is 9.59 Å². The van der Waals surface area contributed by atoms with Gasteiger partial charge >= 0.3 is 0 Å². The largest absolute Gasteiger partial charge is 0.497 e. The quantitative estimate of drug-likeness (QED) is 0.817. The van der Waals surface area contributed by atoms with Crippen molar-refractivity contribution in [1.82, 2.24) is 5.32 Å². The summed E-state index contributed by atoms with van der Waals surface area (Å²) < 4.78 is 10.3. The Kier molecular flexibility index (Phi) is 6.45. The summed E-state index contributed by atoms with van der Waals surface area (Å²) in [5, 5.41) is 5.33. The van der Waals surface area contributed by atoms with E-state index in [1.165, 1.54) is 14.2 Å². The fraction of sp³-hybridized carbons (Fsp3) is 0.333. The number of rotatable bonds is 6. The Balaban J connectivity index is 1.94. The Bertz CT molecular complexity index is 786. The molecule has 0 radical (unpaired) electrons. The van der Waals surface area contributed by atoms with Gasteiger partial charge in [-0.2, -0.15) is 0 Å². The monoisotopic (exact) mass is 370 g/mol. The van der Waals surface area contributed by atoms with Crippen molar-refractivity contribution in [2.45, 2.75) is 26.2 Å². The minimum Gasteiger partial charge on any atom is -0.497 e. The number of benzene rings is 2. The second kappa shape index (κ2) is 8.58. The lowest BCUT2D eigenvalue weighted by atomic mass is 9.87. The molecule has 2 aromatic rings. The minimum atomic E-state index is -0.343. The van der Waals surface area contributed by atoms with Gasteiger partial charge in [0, 0.05) is 29.4 Å². The molecule has 0 heterocycles. The molecule has 0 saturated heterocycles. The van der Waals surface area contributed by atoms with Crippen molar-refractivity contribution in [3.8, 4) is 11.5 Å². The van der Waals surface area contributed by atoms with E-state index in [-0.39, 0.29) is 23.8 Å². The average Bonchev–Trinajstić information content (AvgIpc) is 2.65. The summed E-state index contributed by atoms with van der Waals surface area (Å²) in [5.41, 5.74) is 2.20. The highest BCUT2D eigenvalue weighted by Crippen LogP contribution is 2.25. The van der Waals surface area contributed by atoms with Gasteiger partial charge in [-0.15, -0.1) is 0 Å². The molecule has 144 valence electrons. The van der Waals surface area contributed by atoms with E-state index in [0.29, 0.717) is 22.7 Å². The van der Waals surface area contributed by atoms with E-state index in [2.05, 4.69) is 31.4 Å². The summed E-state index contributed by atoms with van der Waals surface area (Å²) in [6.07, 6.45) is 0. The van der Waals surface area contributed by atoms with Gasteiger partial charge in [-0.1, -0.05) is 32.9 Å².